The van der Waals surface area contributed by atoms with Crippen LogP contribution < -0.4 is 21.3 Å². The van der Waals surface area contributed by atoms with Crippen molar-refractivity contribution < 1.29 is 28.7 Å². The molecule has 0 atom stereocenters. The standard InChI is InChI=1S/C25H25ClN4O2.C23H24ClN5O.C23H22ClN3O2.C23H22ClN3OS/c1-18(31)30-14-12-29(13-15-30)17-19-5-7-20(8-6-19)25(32)28-21-9-10-23(26)22(16-21)24-4-2-3-11-27-24;1-28-10-12-29(13-11-28)16-19-6-5-17(15-26-19)23(30)27-18-7-8-21(24)20(14-18)22-4-2-3-9-25-22;2*24-21-9-8-19(15-20(21)22-3-1-2-10-25-22)26-23(28)18-6-4-17(5-7-18)16-27-11-13-29-14-12-27/h2-11,16H,12-15,17H2,1H3,(H,28,32);2-9,14-15H,10-13,16H2,1H3,(H,27,30);2*1-10,15H,11-14,16H2,(H,26,28). The molecule has 4 fully saturated rings. The Morgan fingerprint density at radius 3 is 0.992 bits per heavy atom. The zero-order chi connectivity index (χ0) is 83.5. The van der Waals surface area contributed by atoms with Gasteiger partial charge in [0.05, 0.1) is 67.3 Å². The van der Waals surface area contributed by atoms with Crippen molar-refractivity contribution in [1.82, 2.24) is 54.3 Å². The monoisotopic (exact) mass is 1700 g/mol. The molecule has 26 heteroatoms. The average molecular weight is 1700 g/mol. The van der Waals surface area contributed by atoms with Gasteiger partial charge in [-0.05, 0) is 194 Å². The smallest absolute Gasteiger partial charge is 0.257 e. The Kier molecular flexibility index (Phi) is 31.6. The molecule has 120 heavy (non-hydrogen) atoms. The van der Waals surface area contributed by atoms with Crippen molar-refractivity contribution in [2.45, 2.75) is 33.1 Å². The van der Waals surface area contributed by atoms with Crippen LogP contribution in [0.5, 0.6) is 0 Å². The van der Waals surface area contributed by atoms with E-state index in [-0.39, 0.29) is 29.5 Å². The first-order valence-corrected chi connectivity index (χ1v) is 42.4. The molecule has 0 saturated carbocycles. The summed E-state index contributed by atoms with van der Waals surface area (Å²) < 4.78 is 5.38. The summed E-state index contributed by atoms with van der Waals surface area (Å²) in [7, 11) is 2.14. The zero-order valence-corrected chi connectivity index (χ0v) is 70.6. The van der Waals surface area contributed by atoms with E-state index in [1.165, 1.54) is 22.6 Å². The summed E-state index contributed by atoms with van der Waals surface area (Å²) in [6.07, 6.45) is 8.50. The number of carbonyl (C=O) groups excluding carboxylic acids is 5. The van der Waals surface area contributed by atoms with E-state index < -0.39 is 0 Å². The van der Waals surface area contributed by atoms with Gasteiger partial charge in [0.15, 0.2) is 0 Å². The van der Waals surface area contributed by atoms with Crippen LogP contribution in [-0.2, 0) is 35.7 Å². The second-order valence-electron chi connectivity index (χ2n) is 29.2. The molecule has 0 radical (unpaired) electrons. The number of likely N-dealkylation sites (N-methyl/N-ethyl adjacent to an activating group) is 1. The molecule has 5 aromatic heterocycles. The molecule has 0 bridgehead atoms. The number of nitrogens with zero attached hydrogens (tertiary/aromatic N) is 11. The van der Waals surface area contributed by atoms with Crippen molar-refractivity contribution >= 4 is 110 Å². The lowest BCUT2D eigenvalue weighted by atomic mass is 10.1. The highest BCUT2D eigenvalue weighted by atomic mass is 35.5. The second-order valence-corrected chi connectivity index (χ2v) is 32.1. The van der Waals surface area contributed by atoms with Crippen molar-refractivity contribution in [3.8, 4) is 45.0 Å². The summed E-state index contributed by atoms with van der Waals surface area (Å²) in [5, 5.41) is 14.1. The van der Waals surface area contributed by atoms with Gasteiger partial charge in [-0.1, -0.05) is 107 Å². The lowest BCUT2D eigenvalue weighted by molar-refractivity contribution is -0.130. The molecule has 4 saturated heterocycles. The number of aromatic nitrogens is 5. The number of halogens is 4. The van der Waals surface area contributed by atoms with E-state index in [1.54, 1.807) is 86.4 Å². The first kappa shape index (κ1) is 86.7. The maximum Gasteiger partial charge on any atom is 0.257 e. The van der Waals surface area contributed by atoms with Gasteiger partial charge in [-0.15, -0.1) is 0 Å². The first-order chi connectivity index (χ1) is 58.4. The van der Waals surface area contributed by atoms with Gasteiger partial charge in [-0.2, -0.15) is 11.8 Å². The third-order valence-corrected chi connectivity index (χ3v) is 22.9. The van der Waals surface area contributed by atoms with Crippen molar-refractivity contribution in [2.75, 3.05) is 132 Å². The number of anilines is 4. The Morgan fingerprint density at radius 2 is 0.667 bits per heavy atom. The van der Waals surface area contributed by atoms with E-state index >= 15 is 0 Å². The fourth-order valence-electron chi connectivity index (χ4n) is 13.8. The van der Waals surface area contributed by atoms with Crippen LogP contribution in [0, 0.1) is 0 Å². The summed E-state index contributed by atoms with van der Waals surface area (Å²) in [5.74, 6) is 1.85. The molecule has 4 aliphatic heterocycles. The predicted molar refractivity (Wildman–Crippen MR) is 483 cm³/mol. The van der Waals surface area contributed by atoms with Gasteiger partial charge in [0.25, 0.3) is 23.6 Å². The SMILES string of the molecule is CC(=O)N1CCN(Cc2ccc(C(=O)Nc3ccc(Cl)c(-c4ccccn4)c3)cc2)CC1.CN1CCN(Cc2ccc(C(=O)Nc3ccc(Cl)c(-c4ccccn4)c3)cn2)CC1.O=C(Nc1ccc(Cl)c(-c2ccccn2)c1)c1ccc(CN2CCOCC2)cc1.O=C(Nc1ccc(Cl)c(-c2ccccn2)c1)c1ccc(CN2CCSCC2)cc1. The van der Waals surface area contributed by atoms with Crippen LogP contribution in [-0.4, -0.2) is 194 Å². The van der Waals surface area contributed by atoms with Crippen LogP contribution in [0.25, 0.3) is 45.0 Å². The Bertz CT molecular complexity index is 5220. The highest BCUT2D eigenvalue weighted by molar-refractivity contribution is 7.99. The van der Waals surface area contributed by atoms with E-state index in [9.17, 15) is 24.0 Å². The minimum atomic E-state index is -0.206. The molecular formula is C94H93Cl4N15O6S. The zero-order valence-electron chi connectivity index (χ0n) is 66.8. The van der Waals surface area contributed by atoms with Crippen LogP contribution in [0.15, 0.2) is 262 Å². The molecule has 614 valence electrons. The number of piperazine rings is 2. The first-order valence-electron chi connectivity index (χ1n) is 39.8. The predicted octanol–water partition coefficient (Wildman–Crippen LogP) is 17.8. The molecule has 4 N–H and O–H groups in total. The maximum atomic E-state index is 12.7. The number of ether oxygens (including phenoxy) is 1. The van der Waals surface area contributed by atoms with Crippen LogP contribution in [0.2, 0.25) is 20.1 Å². The molecule has 7 aromatic carbocycles. The average Bonchev–Trinajstić information content (AvgIpc) is 0.867. The quantitative estimate of drug-likeness (QED) is 0.0556. The highest BCUT2D eigenvalue weighted by Crippen LogP contribution is 2.34. The van der Waals surface area contributed by atoms with Gasteiger partial charge in [0.2, 0.25) is 5.91 Å². The van der Waals surface area contributed by atoms with Gasteiger partial charge >= 0.3 is 0 Å². The van der Waals surface area contributed by atoms with E-state index in [1.807, 2.05) is 199 Å². The molecule has 21 nitrogen and oxygen atoms in total. The van der Waals surface area contributed by atoms with E-state index in [4.69, 9.17) is 51.1 Å². The van der Waals surface area contributed by atoms with Gasteiger partial charge in [0, 0.05) is 216 Å². The number of hydrogen-bond donors (Lipinski definition) is 4. The molecule has 0 unspecified atom stereocenters. The number of nitrogens with one attached hydrogen (secondary N) is 4. The molecule has 0 spiro atoms. The number of pyridine rings is 5. The number of benzene rings is 7. The minimum Gasteiger partial charge on any atom is -0.379 e. The Balaban J connectivity index is 0.000000138. The van der Waals surface area contributed by atoms with Crippen molar-refractivity contribution in [3.63, 3.8) is 0 Å². The molecule has 4 aliphatic rings. The number of carbonyl (C=O) groups is 5. The highest BCUT2D eigenvalue weighted by Gasteiger charge is 2.22. The van der Waals surface area contributed by atoms with Gasteiger partial charge in [0.1, 0.15) is 0 Å². The maximum absolute atomic E-state index is 12.7. The van der Waals surface area contributed by atoms with Crippen molar-refractivity contribution in [3.05, 3.63) is 326 Å². The largest absolute Gasteiger partial charge is 0.379 e. The Hall–Kier alpha value is -11.1. The number of morpholine rings is 1. The fourth-order valence-corrected chi connectivity index (χ4v) is 15.6. The normalized spacial score (nSPS) is 14.6. The van der Waals surface area contributed by atoms with Crippen LogP contribution in [0.4, 0.5) is 22.7 Å². The Labute approximate surface area is 724 Å². The summed E-state index contributed by atoms with van der Waals surface area (Å²) in [6, 6.07) is 71.1. The van der Waals surface area contributed by atoms with E-state index in [0.717, 1.165) is 174 Å². The fraction of sp³-hybridized carbons (Fsp3) is 0.234. The summed E-state index contributed by atoms with van der Waals surface area (Å²) in [6.45, 7) is 18.2. The van der Waals surface area contributed by atoms with E-state index in [0.29, 0.717) is 65.1 Å². The third kappa shape index (κ3) is 25.5. The van der Waals surface area contributed by atoms with E-state index in [2.05, 4.69) is 77.7 Å². The third-order valence-electron chi connectivity index (χ3n) is 20.6. The van der Waals surface area contributed by atoms with Crippen LogP contribution in [0.3, 0.4) is 0 Å². The number of hydrogen-bond acceptors (Lipinski definition) is 17. The summed E-state index contributed by atoms with van der Waals surface area (Å²) in [5.41, 5.74) is 15.7. The molecule has 0 aliphatic carbocycles. The molecule has 9 heterocycles. The number of amides is 5. The molecular weight excluding hydrogens is 1610 g/mol. The van der Waals surface area contributed by atoms with Gasteiger partial charge in [-0.25, -0.2) is 0 Å². The van der Waals surface area contributed by atoms with Crippen LogP contribution >= 0.6 is 58.2 Å². The number of thioether (sulfide) groups is 1. The minimum absolute atomic E-state index is 0.132. The van der Waals surface area contributed by atoms with Gasteiger partial charge < -0.3 is 35.8 Å². The Morgan fingerprint density at radius 1 is 0.350 bits per heavy atom. The van der Waals surface area contributed by atoms with Crippen LogP contribution in [0.1, 0.15) is 70.7 Å². The second kappa shape index (κ2) is 43.7. The van der Waals surface area contributed by atoms with Crippen molar-refractivity contribution in [1.29, 1.82) is 0 Å². The summed E-state index contributed by atoms with van der Waals surface area (Å²) in [4.78, 5) is 97.8. The number of rotatable bonds is 20. The molecule has 16 rings (SSSR count). The van der Waals surface area contributed by atoms with Gasteiger partial charge in [-0.3, -0.25) is 68.5 Å². The molecule has 12 aromatic rings. The lowest BCUT2D eigenvalue weighted by Crippen LogP contribution is -2.47. The topological polar surface area (TPSA) is 227 Å². The molecule has 5 amide bonds. The summed E-state index contributed by atoms with van der Waals surface area (Å²) >= 11 is 27.3. The lowest BCUT2D eigenvalue weighted by Gasteiger charge is -2.34. The van der Waals surface area contributed by atoms with Crippen molar-refractivity contribution in [2.24, 2.45) is 0 Å².